The molecule has 1 heterocycles. The van der Waals surface area contributed by atoms with E-state index in [9.17, 15) is 9.59 Å². The van der Waals surface area contributed by atoms with Gasteiger partial charge in [0.1, 0.15) is 6.54 Å². The SMILES string of the molecule is C=C(C)COCCNC(=O)Cn1cc(C(=O)O)nn1. The first-order valence-corrected chi connectivity index (χ1v) is 5.61. The van der Waals surface area contributed by atoms with Crippen LogP contribution in [-0.4, -0.2) is 51.7 Å². The molecule has 0 aliphatic heterocycles. The van der Waals surface area contributed by atoms with Crippen LogP contribution in [0.25, 0.3) is 0 Å². The first-order chi connectivity index (χ1) is 8.99. The first-order valence-electron chi connectivity index (χ1n) is 5.61. The van der Waals surface area contributed by atoms with Gasteiger partial charge in [0, 0.05) is 6.54 Å². The van der Waals surface area contributed by atoms with Gasteiger partial charge in [-0.05, 0) is 6.92 Å². The molecule has 0 saturated heterocycles. The van der Waals surface area contributed by atoms with Crippen LogP contribution in [0.1, 0.15) is 17.4 Å². The summed E-state index contributed by atoms with van der Waals surface area (Å²) in [5.41, 5.74) is 0.715. The molecular weight excluding hydrogens is 252 g/mol. The lowest BCUT2D eigenvalue weighted by Crippen LogP contribution is -2.30. The van der Waals surface area contributed by atoms with Crippen molar-refractivity contribution < 1.29 is 19.4 Å². The highest BCUT2D eigenvalue weighted by molar-refractivity contribution is 5.84. The van der Waals surface area contributed by atoms with Crippen molar-refractivity contribution in [3.8, 4) is 0 Å². The molecule has 1 aromatic rings. The monoisotopic (exact) mass is 268 g/mol. The summed E-state index contributed by atoms with van der Waals surface area (Å²) >= 11 is 0. The molecule has 0 spiro atoms. The summed E-state index contributed by atoms with van der Waals surface area (Å²) < 4.78 is 6.36. The summed E-state index contributed by atoms with van der Waals surface area (Å²) in [5.74, 6) is -1.47. The molecule has 0 aliphatic carbocycles. The molecule has 0 saturated carbocycles. The van der Waals surface area contributed by atoms with Crippen molar-refractivity contribution >= 4 is 11.9 Å². The molecule has 1 rings (SSSR count). The lowest BCUT2D eigenvalue weighted by atomic mass is 10.4. The Hall–Kier alpha value is -2.22. The minimum atomic E-state index is -1.18. The molecule has 0 bridgehead atoms. The Morgan fingerprint density at radius 3 is 2.89 bits per heavy atom. The van der Waals surface area contributed by atoms with Gasteiger partial charge in [-0.2, -0.15) is 0 Å². The molecule has 0 aliphatic rings. The maximum atomic E-state index is 11.5. The molecule has 0 aromatic carbocycles. The number of carbonyl (C=O) groups excluding carboxylic acids is 1. The number of nitrogens with one attached hydrogen (secondary N) is 1. The maximum absolute atomic E-state index is 11.5. The summed E-state index contributed by atoms with van der Waals surface area (Å²) in [4.78, 5) is 22.0. The zero-order valence-electron chi connectivity index (χ0n) is 10.6. The normalized spacial score (nSPS) is 10.2. The van der Waals surface area contributed by atoms with Crippen molar-refractivity contribution in [2.75, 3.05) is 19.8 Å². The highest BCUT2D eigenvalue weighted by Crippen LogP contribution is 1.92. The van der Waals surface area contributed by atoms with Crippen molar-refractivity contribution in [1.82, 2.24) is 20.3 Å². The Balaban J connectivity index is 2.23. The van der Waals surface area contributed by atoms with Gasteiger partial charge < -0.3 is 15.2 Å². The fraction of sp³-hybridized carbons (Fsp3) is 0.455. The number of rotatable bonds is 8. The van der Waals surface area contributed by atoms with Crippen molar-refractivity contribution in [3.63, 3.8) is 0 Å². The van der Waals surface area contributed by atoms with Crippen LogP contribution < -0.4 is 5.32 Å². The van der Waals surface area contributed by atoms with E-state index in [2.05, 4.69) is 22.2 Å². The molecule has 0 radical (unpaired) electrons. The van der Waals surface area contributed by atoms with Crippen LogP contribution in [0.3, 0.4) is 0 Å². The van der Waals surface area contributed by atoms with E-state index in [0.717, 1.165) is 10.3 Å². The summed E-state index contributed by atoms with van der Waals surface area (Å²) in [6.07, 6.45) is 1.19. The molecule has 0 unspecified atom stereocenters. The molecule has 104 valence electrons. The third kappa shape index (κ3) is 5.77. The zero-order valence-corrected chi connectivity index (χ0v) is 10.6. The van der Waals surface area contributed by atoms with Crippen LogP contribution in [0.2, 0.25) is 0 Å². The molecule has 2 N–H and O–H groups in total. The van der Waals surface area contributed by atoms with Gasteiger partial charge in [-0.25, -0.2) is 9.48 Å². The second-order valence-corrected chi connectivity index (χ2v) is 3.97. The van der Waals surface area contributed by atoms with E-state index in [0.29, 0.717) is 19.8 Å². The minimum Gasteiger partial charge on any atom is -0.476 e. The van der Waals surface area contributed by atoms with Crippen LogP contribution in [0.4, 0.5) is 0 Å². The van der Waals surface area contributed by atoms with Crippen molar-refractivity contribution in [1.29, 1.82) is 0 Å². The largest absolute Gasteiger partial charge is 0.476 e. The standard InChI is InChI=1S/C11H16N4O4/c1-8(2)7-19-4-3-12-10(16)6-15-5-9(11(17)18)13-14-15/h5H,1,3-4,6-7H2,2H3,(H,12,16)(H,17,18). The van der Waals surface area contributed by atoms with Gasteiger partial charge >= 0.3 is 5.97 Å². The molecule has 8 heteroatoms. The minimum absolute atomic E-state index is 0.0826. The Morgan fingerprint density at radius 2 is 2.32 bits per heavy atom. The van der Waals surface area contributed by atoms with Crippen LogP contribution >= 0.6 is 0 Å². The average Bonchev–Trinajstić information content (AvgIpc) is 2.76. The van der Waals surface area contributed by atoms with Crippen molar-refractivity contribution in [2.45, 2.75) is 13.5 Å². The van der Waals surface area contributed by atoms with Gasteiger partial charge in [0.2, 0.25) is 5.91 Å². The molecule has 19 heavy (non-hydrogen) atoms. The predicted octanol–water partition coefficient (Wildman–Crippen LogP) is -0.315. The van der Waals surface area contributed by atoms with Crippen LogP contribution in [-0.2, 0) is 16.1 Å². The zero-order chi connectivity index (χ0) is 14.3. The summed E-state index contributed by atoms with van der Waals surface area (Å²) in [5, 5.41) is 18.2. The number of nitrogens with zero attached hydrogens (tertiary/aromatic N) is 3. The van der Waals surface area contributed by atoms with Crippen LogP contribution in [0, 0.1) is 0 Å². The molecule has 1 aromatic heterocycles. The second kappa shape index (κ2) is 7.27. The molecule has 0 atom stereocenters. The van der Waals surface area contributed by atoms with E-state index >= 15 is 0 Å². The third-order valence-corrected chi connectivity index (χ3v) is 1.98. The number of carboxylic acid groups (broad SMARTS) is 1. The fourth-order valence-electron chi connectivity index (χ4n) is 1.19. The molecular formula is C11H16N4O4. The second-order valence-electron chi connectivity index (χ2n) is 3.97. The average molecular weight is 268 g/mol. The highest BCUT2D eigenvalue weighted by Gasteiger charge is 2.10. The molecule has 1 amide bonds. The summed E-state index contributed by atoms with van der Waals surface area (Å²) in [6.45, 7) is 6.66. The van der Waals surface area contributed by atoms with E-state index in [-0.39, 0.29) is 18.1 Å². The topological polar surface area (TPSA) is 106 Å². The number of ether oxygens (including phenoxy) is 1. The van der Waals surface area contributed by atoms with Gasteiger partial charge in [-0.3, -0.25) is 4.79 Å². The predicted molar refractivity (Wildman–Crippen MR) is 65.6 cm³/mol. The van der Waals surface area contributed by atoms with Gasteiger partial charge in [0.25, 0.3) is 0 Å². The summed E-state index contributed by atoms with van der Waals surface area (Å²) in [6, 6.07) is 0. The highest BCUT2D eigenvalue weighted by atomic mass is 16.5. The maximum Gasteiger partial charge on any atom is 0.358 e. The lowest BCUT2D eigenvalue weighted by Gasteiger charge is -2.06. The Kier molecular flexibility index (Phi) is 5.68. The van der Waals surface area contributed by atoms with Crippen LogP contribution in [0.15, 0.2) is 18.3 Å². The Labute approximate surface area is 110 Å². The first kappa shape index (κ1) is 14.8. The van der Waals surface area contributed by atoms with E-state index in [1.54, 1.807) is 0 Å². The number of carboxylic acids is 1. The summed E-state index contributed by atoms with van der Waals surface area (Å²) in [7, 11) is 0. The number of carbonyl (C=O) groups is 2. The number of hydrogen-bond acceptors (Lipinski definition) is 5. The van der Waals surface area contributed by atoms with Crippen LogP contribution in [0.5, 0.6) is 0 Å². The quantitative estimate of drug-likeness (QED) is 0.494. The van der Waals surface area contributed by atoms with E-state index in [1.807, 2.05) is 6.92 Å². The number of amides is 1. The molecule has 0 fully saturated rings. The number of aromatic nitrogens is 3. The smallest absolute Gasteiger partial charge is 0.358 e. The fourth-order valence-corrected chi connectivity index (χ4v) is 1.19. The third-order valence-electron chi connectivity index (χ3n) is 1.98. The molecule has 8 nitrogen and oxygen atoms in total. The number of aromatic carboxylic acids is 1. The van der Waals surface area contributed by atoms with Gasteiger partial charge in [-0.1, -0.05) is 17.4 Å². The van der Waals surface area contributed by atoms with Gasteiger partial charge in [-0.15, -0.1) is 5.10 Å². The van der Waals surface area contributed by atoms with E-state index in [4.69, 9.17) is 9.84 Å². The van der Waals surface area contributed by atoms with Crippen molar-refractivity contribution in [2.24, 2.45) is 0 Å². The van der Waals surface area contributed by atoms with Gasteiger partial charge in [0.05, 0.1) is 19.4 Å². The Bertz CT molecular complexity index is 469. The van der Waals surface area contributed by atoms with E-state index < -0.39 is 5.97 Å². The van der Waals surface area contributed by atoms with E-state index in [1.165, 1.54) is 6.20 Å². The Morgan fingerprint density at radius 1 is 1.58 bits per heavy atom. The van der Waals surface area contributed by atoms with Crippen molar-refractivity contribution in [3.05, 3.63) is 24.0 Å². The lowest BCUT2D eigenvalue weighted by molar-refractivity contribution is -0.122. The van der Waals surface area contributed by atoms with Gasteiger partial charge in [0.15, 0.2) is 5.69 Å². The number of hydrogen-bond donors (Lipinski definition) is 2.